The molecular formula is C18H17FN4O. The van der Waals surface area contributed by atoms with Crippen LogP contribution in [0.2, 0.25) is 0 Å². The Kier molecular flexibility index (Phi) is 4.04. The molecule has 3 heterocycles. The SMILES string of the molecule is Fc1ccc(CN2CC[C@H](c3nc(-c4cccnc4)no3)C2)cc1. The lowest BCUT2D eigenvalue weighted by molar-refractivity contribution is 0.309. The van der Waals surface area contributed by atoms with Crippen LogP contribution in [-0.4, -0.2) is 33.1 Å². The lowest BCUT2D eigenvalue weighted by Gasteiger charge is -2.15. The molecule has 0 saturated carbocycles. The molecule has 0 N–H and O–H groups in total. The summed E-state index contributed by atoms with van der Waals surface area (Å²) < 4.78 is 18.4. The van der Waals surface area contributed by atoms with Gasteiger partial charge in [0.05, 0.1) is 5.92 Å². The molecule has 0 amide bonds. The van der Waals surface area contributed by atoms with Gasteiger partial charge in [-0.2, -0.15) is 4.98 Å². The van der Waals surface area contributed by atoms with Gasteiger partial charge in [0.15, 0.2) is 0 Å². The van der Waals surface area contributed by atoms with E-state index in [-0.39, 0.29) is 11.7 Å². The first-order valence-corrected chi connectivity index (χ1v) is 7.99. The van der Waals surface area contributed by atoms with Crippen molar-refractivity contribution < 1.29 is 8.91 Å². The third-order valence-corrected chi connectivity index (χ3v) is 4.30. The number of halogens is 1. The van der Waals surface area contributed by atoms with Gasteiger partial charge >= 0.3 is 0 Å². The molecule has 2 aromatic heterocycles. The number of pyridine rings is 1. The zero-order valence-corrected chi connectivity index (χ0v) is 13.1. The minimum atomic E-state index is -0.202. The summed E-state index contributed by atoms with van der Waals surface area (Å²) in [4.78, 5) is 10.9. The topological polar surface area (TPSA) is 55.1 Å². The monoisotopic (exact) mass is 324 g/mol. The Hall–Kier alpha value is -2.60. The first kappa shape index (κ1) is 15.0. The van der Waals surface area contributed by atoms with Crippen LogP contribution >= 0.6 is 0 Å². The molecule has 1 fully saturated rings. The Morgan fingerprint density at radius 3 is 2.88 bits per heavy atom. The van der Waals surface area contributed by atoms with E-state index in [1.54, 1.807) is 12.4 Å². The molecular weight excluding hydrogens is 307 g/mol. The van der Waals surface area contributed by atoms with Crippen molar-refractivity contribution in [2.24, 2.45) is 0 Å². The molecule has 0 aliphatic carbocycles. The normalized spacial score (nSPS) is 18.1. The van der Waals surface area contributed by atoms with E-state index in [9.17, 15) is 4.39 Å². The summed E-state index contributed by atoms with van der Waals surface area (Å²) in [6.07, 6.45) is 4.43. The zero-order valence-electron chi connectivity index (χ0n) is 13.1. The van der Waals surface area contributed by atoms with Gasteiger partial charge in [-0.3, -0.25) is 9.88 Å². The third kappa shape index (κ3) is 3.19. The summed E-state index contributed by atoms with van der Waals surface area (Å²) >= 11 is 0. The van der Waals surface area contributed by atoms with Crippen LogP contribution in [0.25, 0.3) is 11.4 Å². The quantitative estimate of drug-likeness (QED) is 0.737. The number of aromatic nitrogens is 3. The predicted molar refractivity (Wildman–Crippen MR) is 86.6 cm³/mol. The van der Waals surface area contributed by atoms with E-state index in [4.69, 9.17) is 4.52 Å². The molecule has 0 bridgehead atoms. The Morgan fingerprint density at radius 2 is 2.08 bits per heavy atom. The van der Waals surface area contributed by atoms with Crippen molar-refractivity contribution in [1.82, 2.24) is 20.0 Å². The van der Waals surface area contributed by atoms with Crippen LogP contribution in [0.4, 0.5) is 4.39 Å². The highest BCUT2D eigenvalue weighted by Crippen LogP contribution is 2.28. The lowest BCUT2D eigenvalue weighted by atomic mass is 10.1. The van der Waals surface area contributed by atoms with Crippen LogP contribution < -0.4 is 0 Å². The van der Waals surface area contributed by atoms with Crippen LogP contribution in [-0.2, 0) is 6.54 Å². The summed E-state index contributed by atoms with van der Waals surface area (Å²) in [6.45, 7) is 2.64. The number of hydrogen-bond acceptors (Lipinski definition) is 5. The molecule has 1 aromatic carbocycles. The van der Waals surface area contributed by atoms with Gasteiger partial charge in [-0.05, 0) is 42.8 Å². The Balaban J connectivity index is 1.42. The Morgan fingerprint density at radius 1 is 1.21 bits per heavy atom. The number of hydrogen-bond donors (Lipinski definition) is 0. The summed E-state index contributed by atoms with van der Waals surface area (Å²) in [5, 5.41) is 4.06. The Bertz CT molecular complexity index is 803. The molecule has 0 unspecified atom stereocenters. The molecule has 3 aromatic rings. The van der Waals surface area contributed by atoms with Crippen molar-refractivity contribution >= 4 is 0 Å². The maximum atomic E-state index is 13.0. The second kappa shape index (κ2) is 6.49. The summed E-state index contributed by atoms with van der Waals surface area (Å²) in [5.74, 6) is 1.29. The van der Waals surface area contributed by atoms with Crippen molar-refractivity contribution in [1.29, 1.82) is 0 Å². The minimum absolute atomic E-state index is 0.202. The average molecular weight is 324 g/mol. The van der Waals surface area contributed by atoms with Gasteiger partial charge < -0.3 is 4.52 Å². The van der Waals surface area contributed by atoms with Gasteiger partial charge in [0.1, 0.15) is 5.82 Å². The molecule has 0 radical (unpaired) electrons. The highest BCUT2D eigenvalue weighted by Gasteiger charge is 2.28. The fourth-order valence-corrected chi connectivity index (χ4v) is 3.04. The van der Waals surface area contributed by atoms with E-state index in [0.29, 0.717) is 11.7 Å². The van der Waals surface area contributed by atoms with Gasteiger partial charge in [0, 0.05) is 31.0 Å². The molecule has 6 heteroatoms. The van der Waals surface area contributed by atoms with Gasteiger partial charge in [-0.15, -0.1) is 0 Å². The molecule has 24 heavy (non-hydrogen) atoms. The highest BCUT2D eigenvalue weighted by molar-refractivity contribution is 5.51. The molecule has 0 spiro atoms. The Labute approximate surface area is 139 Å². The largest absolute Gasteiger partial charge is 0.339 e. The lowest BCUT2D eigenvalue weighted by Crippen LogP contribution is -2.19. The number of likely N-dealkylation sites (tertiary alicyclic amines) is 1. The molecule has 122 valence electrons. The molecule has 1 aliphatic heterocycles. The van der Waals surface area contributed by atoms with Crippen LogP contribution in [0.15, 0.2) is 53.3 Å². The second-order valence-corrected chi connectivity index (χ2v) is 6.05. The summed E-state index contributed by atoms with van der Waals surface area (Å²) in [7, 11) is 0. The van der Waals surface area contributed by atoms with Gasteiger partial charge in [-0.25, -0.2) is 4.39 Å². The molecule has 5 nitrogen and oxygen atoms in total. The standard InChI is InChI=1S/C18H17FN4O/c19-16-5-3-13(4-6-16)11-23-9-7-15(12-23)18-21-17(22-24-18)14-2-1-8-20-10-14/h1-6,8,10,15H,7,9,11-12H2/t15-/m0/s1. The number of benzene rings is 1. The molecule has 1 atom stereocenters. The van der Waals surface area contributed by atoms with Crippen LogP contribution in [0.3, 0.4) is 0 Å². The highest BCUT2D eigenvalue weighted by atomic mass is 19.1. The fraction of sp³-hybridized carbons (Fsp3) is 0.278. The summed E-state index contributed by atoms with van der Waals surface area (Å²) in [5.41, 5.74) is 1.97. The number of rotatable bonds is 4. The second-order valence-electron chi connectivity index (χ2n) is 6.05. The first-order valence-electron chi connectivity index (χ1n) is 7.99. The van der Waals surface area contributed by atoms with E-state index < -0.39 is 0 Å². The predicted octanol–water partition coefficient (Wildman–Crippen LogP) is 3.26. The number of nitrogens with zero attached hydrogens (tertiary/aromatic N) is 4. The minimum Gasteiger partial charge on any atom is -0.339 e. The van der Waals surface area contributed by atoms with Crippen LogP contribution in [0, 0.1) is 5.82 Å². The van der Waals surface area contributed by atoms with Crippen molar-refractivity contribution in [3.8, 4) is 11.4 Å². The van der Waals surface area contributed by atoms with Crippen molar-refractivity contribution in [2.45, 2.75) is 18.9 Å². The molecule has 1 saturated heterocycles. The van der Waals surface area contributed by atoms with E-state index >= 15 is 0 Å². The van der Waals surface area contributed by atoms with Gasteiger partial charge in [0.25, 0.3) is 0 Å². The van der Waals surface area contributed by atoms with Crippen molar-refractivity contribution in [3.63, 3.8) is 0 Å². The fourth-order valence-electron chi connectivity index (χ4n) is 3.04. The van der Waals surface area contributed by atoms with E-state index in [2.05, 4.69) is 20.0 Å². The van der Waals surface area contributed by atoms with E-state index in [0.717, 1.165) is 37.2 Å². The van der Waals surface area contributed by atoms with Crippen LogP contribution in [0.5, 0.6) is 0 Å². The molecule has 4 rings (SSSR count). The van der Waals surface area contributed by atoms with Crippen molar-refractivity contribution in [3.05, 3.63) is 66.1 Å². The smallest absolute Gasteiger partial charge is 0.231 e. The summed E-state index contributed by atoms with van der Waals surface area (Å²) in [6, 6.07) is 10.4. The maximum Gasteiger partial charge on any atom is 0.231 e. The van der Waals surface area contributed by atoms with E-state index in [1.807, 2.05) is 24.3 Å². The van der Waals surface area contributed by atoms with Gasteiger partial charge in [-0.1, -0.05) is 17.3 Å². The zero-order chi connectivity index (χ0) is 16.4. The van der Waals surface area contributed by atoms with Crippen LogP contribution in [0.1, 0.15) is 23.8 Å². The van der Waals surface area contributed by atoms with Gasteiger partial charge in [0.2, 0.25) is 11.7 Å². The van der Waals surface area contributed by atoms with Crippen molar-refractivity contribution in [2.75, 3.05) is 13.1 Å². The molecule has 1 aliphatic rings. The van der Waals surface area contributed by atoms with E-state index in [1.165, 1.54) is 12.1 Å². The first-order chi connectivity index (χ1) is 11.8. The average Bonchev–Trinajstić information content (AvgIpc) is 3.27. The maximum absolute atomic E-state index is 13.0. The third-order valence-electron chi connectivity index (χ3n) is 4.30.